The molecule has 0 bridgehead atoms. The van der Waals surface area contributed by atoms with Gasteiger partial charge in [0.05, 0.1) is 34.7 Å². The van der Waals surface area contributed by atoms with E-state index in [1.54, 1.807) is 11.9 Å². The molecule has 2 amide bonds. The average Bonchev–Trinajstić information content (AvgIpc) is 2.76. The highest BCUT2D eigenvalue weighted by molar-refractivity contribution is 7.92. The molecule has 0 atom stereocenters. The number of nitrogens with one attached hydrogen (secondary N) is 1. The fourth-order valence-corrected chi connectivity index (χ4v) is 4.39. The van der Waals surface area contributed by atoms with Crippen LogP contribution >= 0.6 is 23.2 Å². The number of ether oxygens (including phenoxy) is 1. The lowest BCUT2D eigenvalue weighted by Gasteiger charge is -2.28. The molecule has 2 aromatic rings. The summed E-state index contributed by atoms with van der Waals surface area (Å²) in [6.45, 7) is 1.94. The number of amides is 2. The molecule has 0 aliphatic carbocycles. The lowest BCUT2D eigenvalue weighted by atomic mass is 10.2. The molecule has 0 radical (unpaired) electrons. The van der Waals surface area contributed by atoms with Gasteiger partial charge < -0.3 is 14.5 Å². The maximum absolute atomic E-state index is 12.6. The standard InChI is InChI=1S/C20H21Cl2N3O5S/c1-24(13-19(26)25-8-10-30-11-9-25)20(27)14-2-4-15(5-3-14)23-31(28,29)16-6-7-17(21)18(22)12-16/h2-7,12,23H,8-11,13H2,1H3. The van der Waals surface area contributed by atoms with E-state index < -0.39 is 10.0 Å². The Morgan fingerprint density at radius 2 is 1.71 bits per heavy atom. The van der Waals surface area contributed by atoms with Crippen LogP contribution in [0.3, 0.4) is 0 Å². The fourth-order valence-electron chi connectivity index (χ4n) is 2.95. The smallest absolute Gasteiger partial charge is 0.261 e. The van der Waals surface area contributed by atoms with Crippen LogP contribution < -0.4 is 4.72 Å². The quantitative estimate of drug-likeness (QED) is 0.678. The molecule has 1 saturated heterocycles. The van der Waals surface area contributed by atoms with E-state index >= 15 is 0 Å². The number of sulfonamides is 1. The SMILES string of the molecule is CN(CC(=O)N1CCOCC1)C(=O)c1ccc(NS(=O)(=O)c2ccc(Cl)c(Cl)c2)cc1. The highest BCUT2D eigenvalue weighted by Gasteiger charge is 2.21. The van der Waals surface area contributed by atoms with Crippen molar-refractivity contribution in [2.75, 3.05) is 44.6 Å². The topological polar surface area (TPSA) is 96.0 Å². The Labute approximate surface area is 190 Å². The zero-order valence-corrected chi connectivity index (χ0v) is 19.0. The van der Waals surface area contributed by atoms with E-state index in [-0.39, 0.29) is 39.0 Å². The van der Waals surface area contributed by atoms with Crippen molar-refractivity contribution in [3.8, 4) is 0 Å². The molecule has 11 heteroatoms. The molecule has 166 valence electrons. The summed E-state index contributed by atoms with van der Waals surface area (Å²) in [5.74, 6) is -0.495. The molecule has 0 spiro atoms. The van der Waals surface area contributed by atoms with Crippen LogP contribution in [-0.4, -0.2) is 69.9 Å². The summed E-state index contributed by atoms with van der Waals surface area (Å²) in [4.78, 5) is 27.9. The van der Waals surface area contributed by atoms with Gasteiger partial charge in [0, 0.05) is 31.4 Å². The van der Waals surface area contributed by atoms with Gasteiger partial charge in [-0.3, -0.25) is 14.3 Å². The van der Waals surface area contributed by atoms with Crippen LogP contribution in [0.1, 0.15) is 10.4 Å². The van der Waals surface area contributed by atoms with Crippen molar-refractivity contribution in [2.24, 2.45) is 0 Å². The molecule has 1 aliphatic rings. The Kier molecular flexibility index (Phi) is 7.42. The maximum Gasteiger partial charge on any atom is 0.261 e. The van der Waals surface area contributed by atoms with Gasteiger partial charge in [-0.25, -0.2) is 8.42 Å². The number of morpholine rings is 1. The van der Waals surface area contributed by atoms with Gasteiger partial charge >= 0.3 is 0 Å². The predicted molar refractivity (Wildman–Crippen MR) is 118 cm³/mol. The fraction of sp³-hybridized carbons (Fsp3) is 0.300. The molecule has 0 aromatic heterocycles. The number of rotatable bonds is 6. The van der Waals surface area contributed by atoms with Gasteiger partial charge in [0.1, 0.15) is 0 Å². The number of benzene rings is 2. The van der Waals surface area contributed by atoms with Gasteiger partial charge in [0.25, 0.3) is 15.9 Å². The van der Waals surface area contributed by atoms with Crippen LogP contribution in [0.4, 0.5) is 5.69 Å². The van der Waals surface area contributed by atoms with Crippen LogP contribution in [0.5, 0.6) is 0 Å². The second-order valence-corrected chi connectivity index (χ2v) is 9.41. The number of hydrogen-bond donors (Lipinski definition) is 1. The van der Waals surface area contributed by atoms with Crippen molar-refractivity contribution < 1.29 is 22.7 Å². The van der Waals surface area contributed by atoms with E-state index in [4.69, 9.17) is 27.9 Å². The minimum Gasteiger partial charge on any atom is -0.378 e. The van der Waals surface area contributed by atoms with Crippen LogP contribution in [0.25, 0.3) is 0 Å². The van der Waals surface area contributed by atoms with E-state index in [1.165, 1.54) is 47.4 Å². The first-order chi connectivity index (χ1) is 14.7. The highest BCUT2D eigenvalue weighted by Crippen LogP contribution is 2.26. The van der Waals surface area contributed by atoms with E-state index in [2.05, 4.69) is 4.72 Å². The third kappa shape index (κ3) is 5.88. The molecule has 2 aromatic carbocycles. The Morgan fingerprint density at radius 3 is 2.32 bits per heavy atom. The van der Waals surface area contributed by atoms with Crippen molar-refractivity contribution in [1.29, 1.82) is 0 Å². The first-order valence-corrected chi connectivity index (χ1v) is 11.6. The zero-order chi connectivity index (χ0) is 22.6. The predicted octanol–water partition coefficient (Wildman–Crippen LogP) is 2.73. The van der Waals surface area contributed by atoms with E-state index in [0.29, 0.717) is 31.9 Å². The van der Waals surface area contributed by atoms with Gasteiger partial charge in [-0.05, 0) is 42.5 Å². The lowest BCUT2D eigenvalue weighted by molar-refractivity contribution is -0.135. The number of halogens is 2. The Bertz CT molecular complexity index is 1070. The lowest BCUT2D eigenvalue weighted by Crippen LogP contribution is -2.46. The molecule has 3 rings (SSSR count). The second-order valence-electron chi connectivity index (χ2n) is 6.91. The summed E-state index contributed by atoms with van der Waals surface area (Å²) in [5.41, 5.74) is 0.601. The van der Waals surface area contributed by atoms with Crippen LogP contribution in [-0.2, 0) is 19.6 Å². The van der Waals surface area contributed by atoms with Crippen LogP contribution in [0, 0.1) is 0 Å². The number of nitrogens with zero attached hydrogens (tertiary/aromatic N) is 2. The molecule has 1 N–H and O–H groups in total. The normalized spacial score (nSPS) is 14.2. The van der Waals surface area contributed by atoms with Gasteiger partial charge in [0.2, 0.25) is 5.91 Å². The summed E-state index contributed by atoms with van der Waals surface area (Å²) in [6, 6.07) is 9.92. The van der Waals surface area contributed by atoms with Gasteiger partial charge in [-0.1, -0.05) is 23.2 Å². The molecular weight excluding hydrogens is 465 g/mol. The third-order valence-corrected chi connectivity index (χ3v) is 6.79. The number of anilines is 1. The first-order valence-electron chi connectivity index (χ1n) is 9.36. The summed E-state index contributed by atoms with van der Waals surface area (Å²) in [6.07, 6.45) is 0. The number of carbonyl (C=O) groups excluding carboxylic acids is 2. The first kappa shape index (κ1) is 23.3. The second kappa shape index (κ2) is 9.86. The van der Waals surface area contributed by atoms with Crippen molar-refractivity contribution in [3.05, 3.63) is 58.1 Å². The summed E-state index contributed by atoms with van der Waals surface area (Å²) in [5, 5.41) is 0.375. The molecule has 0 unspecified atom stereocenters. The molecule has 1 aliphatic heterocycles. The maximum atomic E-state index is 12.6. The van der Waals surface area contributed by atoms with Crippen molar-refractivity contribution >= 4 is 50.7 Å². The van der Waals surface area contributed by atoms with Crippen molar-refractivity contribution in [3.63, 3.8) is 0 Å². The molecular formula is C20H21Cl2N3O5S. The Morgan fingerprint density at radius 1 is 1.06 bits per heavy atom. The van der Waals surface area contributed by atoms with E-state index in [9.17, 15) is 18.0 Å². The average molecular weight is 486 g/mol. The van der Waals surface area contributed by atoms with Crippen molar-refractivity contribution in [1.82, 2.24) is 9.80 Å². The highest BCUT2D eigenvalue weighted by atomic mass is 35.5. The largest absolute Gasteiger partial charge is 0.378 e. The number of carbonyl (C=O) groups is 2. The molecule has 1 heterocycles. The zero-order valence-electron chi connectivity index (χ0n) is 16.7. The van der Waals surface area contributed by atoms with Gasteiger partial charge in [-0.15, -0.1) is 0 Å². The molecule has 0 saturated carbocycles. The minimum absolute atomic E-state index is 0.0385. The minimum atomic E-state index is -3.88. The van der Waals surface area contributed by atoms with E-state index in [0.717, 1.165) is 0 Å². The number of likely N-dealkylation sites (N-methyl/N-ethyl adjacent to an activating group) is 1. The van der Waals surface area contributed by atoms with Crippen LogP contribution in [0.15, 0.2) is 47.4 Å². The molecule has 8 nitrogen and oxygen atoms in total. The molecule has 1 fully saturated rings. The van der Waals surface area contributed by atoms with Gasteiger partial charge in [-0.2, -0.15) is 0 Å². The summed E-state index contributed by atoms with van der Waals surface area (Å²) >= 11 is 11.7. The Hall–Kier alpha value is -2.33. The summed E-state index contributed by atoms with van der Waals surface area (Å²) < 4.78 is 32.7. The summed E-state index contributed by atoms with van der Waals surface area (Å²) in [7, 11) is -2.34. The Balaban J connectivity index is 1.64. The third-order valence-electron chi connectivity index (χ3n) is 4.67. The van der Waals surface area contributed by atoms with Gasteiger partial charge in [0.15, 0.2) is 0 Å². The number of hydrogen-bond acceptors (Lipinski definition) is 5. The van der Waals surface area contributed by atoms with E-state index in [1.807, 2.05) is 0 Å². The molecule has 31 heavy (non-hydrogen) atoms. The monoisotopic (exact) mass is 485 g/mol. The van der Waals surface area contributed by atoms with Crippen LogP contribution in [0.2, 0.25) is 10.0 Å². The van der Waals surface area contributed by atoms with Crippen molar-refractivity contribution in [2.45, 2.75) is 4.90 Å².